The number of likely N-dealkylation sites (tertiary alicyclic amines) is 1. The maximum Gasteiger partial charge on any atom is 0.220 e. The Kier molecular flexibility index (Phi) is 6.42. The molecule has 0 bridgehead atoms. The van der Waals surface area contributed by atoms with Crippen molar-refractivity contribution in [2.75, 3.05) is 33.3 Å². The summed E-state index contributed by atoms with van der Waals surface area (Å²) in [4.78, 5) is 13.8. The second-order valence-electron chi connectivity index (χ2n) is 4.73. The SMILES string of the molecule is CN1CCC(CNC(=O)CCCCO)CC1. The maximum atomic E-state index is 11.4. The van der Waals surface area contributed by atoms with Gasteiger partial charge in [-0.3, -0.25) is 4.79 Å². The number of nitrogens with one attached hydrogen (secondary N) is 1. The van der Waals surface area contributed by atoms with E-state index >= 15 is 0 Å². The van der Waals surface area contributed by atoms with Crippen molar-refractivity contribution in [3.63, 3.8) is 0 Å². The largest absolute Gasteiger partial charge is 0.396 e. The van der Waals surface area contributed by atoms with Gasteiger partial charge in [-0.2, -0.15) is 0 Å². The number of amides is 1. The highest BCUT2D eigenvalue weighted by Crippen LogP contribution is 2.14. The Labute approximate surface area is 98.0 Å². The predicted molar refractivity (Wildman–Crippen MR) is 64.2 cm³/mol. The van der Waals surface area contributed by atoms with Crippen LogP contribution in [0.1, 0.15) is 32.1 Å². The van der Waals surface area contributed by atoms with E-state index in [1.165, 1.54) is 12.8 Å². The van der Waals surface area contributed by atoms with E-state index in [4.69, 9.17) is 5.11 Å². The van der Waals surface area contributed by atoms with E-state index in [2.05, 4.69) is 17.3 Å². The lowest BCUT2D eigenvalue weighted by atomic mass is 9.97. The van der Waals surface area contributed by atoms with Gasteiger partial charge in [0.05, 0.1) is 0 Å². The van der Waals surface area contributed by atoms with Crippen molar-refractivity contribution in [2.45, 2.75) is 32.1 Å². The number of nitrogens with zero attached hydrogens (tertiary/aromatic N) is 1. The Morgan fingerprint density at radius 1 is 1.38 bits per heavy atom. The average Bonchev–Trinajstić information content (AvgIpc) is 2.29. The number of unbranched alkanes of at least 4 members (excludes halogenated alkanes) is 1. The molecule has 0 saturated carbocycles. The first kappa shape index (κ1) is 13.5. The number of rotatable bonds is 6. The van der Waals surface area contributed by atoms with Crippen LogP contribution >= 0.6 is 0 Å². The Morgan fingerprint density at radius 2 is 2.06 bits per heavy atom. The zero-order chi connectivity index (χ0) is 11.8. The van der Waals surface area contributed by atoms with Crippen LogP contribution in [0.3, 0.4) is 0 Å². The summed E-state index contributed by atoms with van der Waals surface area (Å²) in [6.07, 6.45) is 4.44. The van der Waals surface area contributed by atoms with E-state index in [0.717, 1.165) is 32.5 Å². The lowest BCUT2D eigenvalue weighted by molar-refractivity contribution is -0.121. The Hall–Kier alpha value is -0.610. The van der Waals surface area contributed by atoms with Gasteiger partial charge >= 0.3 is 0 Å². The summed E-state index contributed by atoms with van der Waals surface area (Å²) in [7, 11) is 2.14. The van der Waals surface area contributed by atoms with Crippen LogP contribution < -0.4 is 5.32 Å². The molecule has 1 rings (SSSR count). The van der Waals surface area contributed by atoms with Crippen LogP contribution in [0.15, 0.2) is 0 Å². The van der Waals surface area contributed by atoms with Gasteiger partial charge in [0, 0.05) is 19.6 Å². The van der Waals surface area contributed by atoms with Gasteiger partial charge < -0.3 is 15.3 Å². The highest BCUT2D eigenvalue weighted by Gasteiger charge is 2.16. The first-order valence-corrected chi connectivity index (χ1v) is 6.28. The molecule has 1 aliphatic rings. The Balaban J connectivity index is 2.03. The number of carbonyl (C=O) groups excluding carboxylic acids is 1. The molecule has 1 heterocycles. The zero-order valence-corrected chi connectivity index (χ0v) is 10.2. The number of piperidine rings is 1. The van der Waals surface area contributed by atoms with Crippen molar-refractivity contribution >= 4 is 5.91 Å². The number of aliphatic hydroxyl groups is 1. The molecule has 1 saturated heterocycles. The van der Waals surface area contributed by atoms with E-state index in [1.807, 2.05) is 0 Å². The maximum absolute atomic E-state index is 11.4. The predicted octanol–water partition coefficient (Wildman–Crippen LogP) is 0.607. The summed E-state index contributed by atoms with van der Waals surface area (Å²) >= 11 is 0. The molecule has 1 amide bonds. The molecule has 0 atom stereocenters. The Morgan fingerprint density at radius 3 is 2.69 bits per heavy atom. The van der Waals surface area contributed by atoms with E-state index in [-0.39, 0.29) is 12.5 Å². The van der Waals surface area contributed by atoms with Crippen molar-refractivity contribution in [3.8, 4) is 0 Å². The van der Waals surface area contributed by atoms with Crippen molar-refractivity contribution in [3.05, 3.63) is 0 Å². The first-order chi connectivity index (χ1) is 7.72. The van der Waals surface area contributed by atoms with Gasteiger partial charge in [-0.15, -0.1) is 0 Å². The lowest BCUT2D eigenvalue weighted by Gasteiger charge is -2.28. The third-order valence-corrected chi connectivity index (χ3v) is 3.24. The molecule has 4 heteroatoms. The number of hydrogen-bond acceptors (Lipinski definition) is 3. The molecule has 1 aliphatic heterocycles. The molecule has 0 radical (unpaired) electrons. The summed E-state index contributed by atoms with van der Waals surface area (Å²) in [5, 5.41) is 11.6. The normalized spacial score (nSPS) is 18.6. The van der Waals surface area contributed by atoms with Crippen LogP contribution in [0.25, 0.3) is 0 Å². The molecular formula is C12H24N2O2. The topological polar surface area (TPSA) is 52.6 Å². The average molecular weight is 228 g/mol. The van der Waals surface area contributed by atoms with E-state index in [0.29, 0.717) is 12.3 Å². The molecule has 0 aromatic carbocycles. The fraction of sp³-hybridized carbons (Fsp3) is 0.917. The van der Waals surface area contributed by atoms with Gasteiger partial charge in [-0.1, -0.05) is 0 Å². The second kappa shape index (κ2) is 7.63. The standard InChI is InChI=1S/C12H24N2O2/c1-14-7-5-11(6-8-14)10-13-12(16)4-2-3-9-15/h11,15H,2-10H2,1H3,(H,13,16). The molecule has 0 unspecified atom stereocenters. The van der Waals surface area contributed by atoms with Crippen LogP contribution in [0.5, 0.6) is 0 Å². The molecule has 0 aromatic heterocycles. The number of carbonyl (C=O) groups is 1. The Bertz CT molecular complexity index is 201. The van der Waals surface area contributed by atoms with Crippen molar-refractivity contribution in [1.29, 1.82) is 0 Å². The summed E-state index contributed by atoms with van der Waals surface area (Å²) in [5.41, 5.74) is 0. The van der Waals surface area contributed by atoms with Gasteiger partial charge in [-0.25, -0.2) is 0 Å². The van der Waals surface area contributed by atoms with Crippen LogP contribution in [-0.2, 0) is 4.79 Å². The molecule has 0 spiro atoms. The van der Waals surface area contributed by atoms with Crippen LogP contribution in [0, 0.1) is 5.92 Å². The highest BCUT2D eigenvalue weighted by molar-refractivity contribution is 5.75. The quantitative estimate of drug-likeness (QED) is 0.655. The second-order valence-corrected chi connectivity index (χ2v) is 4.73. The third kappa shape index (κ3) is 5.47. The summed E-state index contributed by atoms with van der Waals surface area (Å²) in [5.74, 6) is 0.783. The smallest absolute Gasteiger partial charge is 0.220 e. The van der Waals surface area contributed by atoms with E-state index in [9.17, 15) is 4.79 Å². The van der Waals surface area contributed by atoms with Gasteiger partial charge in [0.25, 0.3) is 0 Å². The van der Waals surface area contributed by atoms with Crippen LogP contribution in [-0.4, -0.2) is 49.2 Å². The van der Waals surface area contributed by atoms with Gasteiger partial charge in [0.2, 0.25) is 5.91 Å². The lowest BCUT2D eigenvalue weighted by Crippen LogP contribution is -2.36. The zero-order valence-electron chi connectivity index (χ0n) is 10.2. The summed E-state index contributed by atoms with van der Waals surface area (Å²) in [6.45, 7) is 3.30. The fourth-order valence-corrected chi connectivity index (χ4v) is 2.01. The van der Waals surface area contributed by atoms with Gasteiger partial charge in [0.15, 0.2) is 0 Å². The molecule has 0 aromatic rings. The molecular weight excluding hydrogens is 204 g/mol. The van der Waals surface area contributed by atoms with E-state index < -0.39 is 0 Å². The van der Waals surface area contributed by atoms with Crippen LogP contribution in [0.4, 0.5) is 0 Å². The minimum Gasteiger partial charge on any atom is -0.396 e. The summed E-state index contributed by atoms with van der Waals surface area (Å²) < 4.78 is 0. The van der Waals surface area contributed by atoms with Crippen molar-refractivity contribution < 1.29 is 9.90 Å². The molecule has 1 fully saturated rings. The monoisotopic (exact) mass is 228 g/mol. The number of hydrogen-bond donors (Lipinski definition) is 2. The number of aliphatic hydroxyl groups excluding tert-OH is 1. The molecule has 94 valence electrons. The minimum absolute atomic E-state index is 0.132. The van der Waals surface area contributed by atoms with E-state index in [1.54, 1.807) is 0 Å². The van der Waals surface area contributed by atoms with Crippen molar-refractivity contribution in [1.82, 2.24) is 10.2 Å². The van der Waals surface area contributed by atoms with Gasteiger partial charge in [0.1, 0.15) is 0 Å². The van der Waals surface area contributed by atoms with Crippen molar-refractivity contribution in [2.24, 2.45) is 5.92 Å². The first-order valence-electron chi connectivity index (χ1n) is 6.28. The molecule has 16 heavy (non-hydrogen) atoms. The minimum atomic E-state index is 0.132. The third-order valence-electron chi connectivity index (χ3n) is 3.24. The van der Waals surface area contributed by atoms with Gasteiger partial charge in [-0.05, 0) is 51.7 Å². The molecule has 4 nitrogen and oxygen atoms in total. The molecule has 2 N–H and O–H groups in total. The highest BCUT2D eigenvalue weighted by atomic mass is 16.2. The molecule has 0 aliphatic carbocycles. The van der Waals surface area contributed by atoms with Crippen LogP contribution in [0.2, 0.25) is 0 Å². The summed E-state index contributed by atoms with van der Waals surface area (Å²) in [6, 6.07) is 0. The fourth-order valence-electron chi connectivity index (χ4n) is 2.01.